The minimum Gasteiger partial charge on any atom is -0.321 e. The summed E-state index contributed by atoms with van der Waals surface area (Å²) in [6.07, 6.45) is 2.20. The number of aromatic nitrogens is 2. The van der Waals surface area contributed by atoms with E-state index in [1.165, 1.54) is 6.33 Å². The molecule has 18 heavy (non-hydrogen) atoms. The van der Waals surface area contributed by atoms with Crippen molar-refractivity contribution in [1.29, 1.82) is 0 Å². The number of aryl methyl sites for hydroxylation is 2. The Kier molecular flexibility index (Phi) is 3.67. The molecule has 1 heterocycles. The molecular formula is C14H15N3O. The number of carbonyl (C=O) groups is 1. The molecular weight excluding hydrogens is 226 g/mol. The third kappa shape index (κ3) is 2.91. The number of rotatable bonds is 3. The fraction of sp³-hybridized carbons (Fsp3) is 0.214. The summed E-state index contributed by atoms with van der Waals surface area (Å²) in [5, 5.41) is 2.81. The lowest BCUT2D eigenvalue weighted by atomic mass is 10.2. The van der Waals surface area contributed by atoms with Gasteiger partial charge in [-0.25, -0.2) is 9.97 Å². The Morgan fingerprint density at radius 3 is 2.61 bits per heavy atom. The Morgan fingerprint density at radius 1 is 1.22 bits per heavy atom. The Morgan fingerprint density at radius 2 is 1.94 bits per heavy atom. The molecule has 1 aromatic heterocycles. The van der Waals surface area contributed by atoms with Crippen LogP contribution in [0.2, 0.25) is 0 Å². The van der Waals surface area contributed by atoms with E-state index >= 15 is 0 Å². The first-order valence-electron chi connectivity index (χ1n) is 5.88. The minimum absolute atomic E-state index is 0.212. The molecule has 0 spiro atoms. The Bertz CT molecular complexity index is 549. The topological polar surface area (TPSA) is 54.9 Å². The molecule has 4 nitrogen and oxygen atoms in total. The normalized spacial score (nSPS) is 10.1. The number of hydrogen-bond acceptors (Lipinski definition) is 3. The number of anilines is 1. The maximum absolute atomic E-state index is 12.0. The summed E-state index contributed by atoms with van der Waals surface area (Å²) in [5.41, 5.74) is 3.17. The van der Waals surface area contributed by atoms with Gasteiger partial charge in [0.2, 0.25) is 0 Å². The predicted molar refractivity (Wildman–Crippen MR) is 70.5 cm³/mol. The van der Waals surface area contributed by atoms with E-state index in [4.69, 9.17) is 0 Å². The zero-order valence-corrected chi connectivity index (χ0v) is 10.5. The summed E-state index contributed by atoms with van der Waals surface area (Å²) < 4.78 is 0. The first kappa shape index (κ1) is 12.2. The molecule has 2 rings (SSSR count). The number of hydrogen-bond donors (Lipinski definition) is 1. The standard InChI is InChI=1S/C14H15N3O/c1-3-11-8-13(16-9-15-11)14(18)17-12-6-4-10(2)5-7-12/h4-9H,3H2,1-2H3,(H,17,18). The van der Waals surface area contributed by atoms with Gasteiger partial charge in [0.05, 0.1) is 0 Å². The van der Waals surface area contributed by atoms with Crippen LogP contribution in [0.3, 0.4) is 0 Å². The maximum Gasteiger partial charge on any atom is 0.274 e. The van der Waals surface area contributed by atoms with E-state index in [-0.39, 0.29) is 5.91 Å². The summed E-state index contributed by atoms with van der Waals surface area (Å²) in [6, 6.07) is 9.36. The lowest BCUT2D eigenvalue weighted by molar-refractivity contribution is 0.102. The van der Waals surface area contributed by atoms with Gasteiger partial charge in [0.25, 0.3) is 5.91 Å². The molecule has 1 N–H and O–H groups in total. The predicted octanol–water partition coefficient (Wildman–Crippen LogP) is 2.60. The van der Waals surface area contributed by atoms with Gasteiger partial charge in [0.15, 0.2) is 0 Å². The molecule has 0 saturated heterocycles. The molecule has 0 unspecified atom stereocenters. The molecule has 0 bridgehead atoms. The van der Waals surface area contributed by atoms with Crippen molar-refractivity contribution in [1.82, 2.24) is 9.97 Å². The second-order valence-electron chi connectivity index (χ2n) is 4.07. The molecule has 1 aromatic carbocycles. The quantitative estimate of drug-likeness (QED) is 0.898. The van der Waals surface area contributed by atoms with Crippen molar-refractivity contribution in [3.8, 4) is 0 Å². The maximum atomic E-state index is 12.0. The van der Waals surface area contributed by atoms with Crippen LogP contribution in [0.15, 0.2) is 36.7 Å². The zero-order valence-electron chi connectivity index (χ0n) is 10.5. The van der Waals surface area contributed by atoms with Crippen LogP contribution in [-0.4, -0.2) is 15.9 Å². The van der Waals surface area contributed by atoms with Gasteiger partial charge in [-0.3, -0.25) is 4.79 Å². The summed E-state index contributed by atoms with van der Waals surface area (Å²) >= 11 is 0. The minimum atomic E-state index is -0.212. The summed E-state index contributed by atoms with van der Waals surface area (Å²) in [5.74, 6) is -0.212. The van der Waals surface area contributed by atoms with Crippen molar-refractivity contribution in [2.45, 2.75) is 20.3 Å². The molecule has 4 heteroatoms. The van der Waals surface area contributed by atoms with E-state index in [1.54, 1.807) is 6.07 Å². The Hall–Kier alpha value is -2.23. The van der Waals surface area contributed by atoms with E-state index in [0.29, 0.717) is 5.69 Å². The number of amides is 1. The lowest BCUT2D eigenvalue weighted by Crippen LogP contribution is -2.14. The van der Waals surface area contributed by atoms with Crippen LogP contribution >= 0.6 is 0 Å². The van der Waals surface area contributed by atoms with Crippen molar-refractivity contribution < 1.29 is 4.79 Å². The van der Waals surface area contributed by atoms with Gasteiger partial charge in [0.1, 0.15) is 12.0 Å². The second-order valence-corrected chi connectivity index (χ2v) is 4.07. The van der Waals surface area contributed by atoms with Gasteiger partial charge >= 0.3 is 0 Å². The average molecular weight is 241 g/mol. The molecule has 0 atom stereocenters. The molecule has 92 valence electrons. The van der Waals surface area contributed by atoms with Gasteiger partial charge in [-0.05, 0) is 31.5 Å². The largest absolute Gasteiger partial charge is 0.321 e. The summed E-state index contributed by atoms with van der Waals surface area (Å²) in [7, 11) is 0. The lowest BCUT2D eigenvalue weighted by Gasteiger charge is -2.05. The van der Waals surface area contributed by atoms with Gasteiger partial charge < -0.3 is 5.32 Å². The van der Waals surface area contributed by atoms with Crippen LogP contribution in [-0.2, 0) is 6.42 Å². The fourth-order valence-electron chi connectivity index (χ4n) is 1.55. The first-order valence-corrected chi connectivity index (χ1v) is 5.88. The smallest absolute Gasteiger partial charge is 0.274 e. The third-order valence-corrected chi connectivity index (χ3v) is 2.63. The number of nitrogens with one attached hydrogen (secondary N) is 1. The zero-order chi connectivity index (χ0) is 13.0. The van der Waals surface area contributed by atoms with Crippen LogP contribution in [0.1, 0.15) is 28.7 Å². The number of nitrogens with zero attached hydrogens (tertiary/aromatic N) is 2. The SMILES string of the molecule is CCc1cc(C(=O)Nc2ccc(C)cc2)ncn1. The van der Waals surface area contributed by atoms with Gasteiger partial charge in [-0.15, -0.1) is 0 Å². The molecule has 0 saturated carbocycles. The van der Waals surface area contributed by atoms with Gasteiger partial charge in [-0.2, -0.15) is 0 Å². The van der Waals surface area contributed by atoms with E-state index < -0.39 is 0 Å². The highest BCUT2D eigenvalue weighted by molar-refractivity contribution is 6.02. The third-order valence-electron chi connectivity index (χ3n) is 2.63. The Labute approximate surface area is 106 Å². The van der Waals surface area contributed by atoms with E-state index in [1.807, 2.05) is 38.1 Å². The van der Waals surface area contributed by atoms with Crippen LogP contribution in [0, 0.1) is 6.92 Å². The van der Waals surface area contributed by atoms with E-state index in [2.05, 4.69) is 15.3 Å². The molecule has 0 aliphatic carbocycles. The van der Waals surface area contributed by atoms with E-state index in [0.717, 1.165) is 23.4 Å². The van der Waals surface area contributed by atoms with Crippen LogP contribution in [0.4, 0.5) is 5.69 Å². The molecule has 2 aromatic rings. The van der Waals surface area contributed by atoms with Crippen LogP contribution in [0.25, 0.3) is 0 Å². The van der Waals surface area contributed by atoms with Crippen molar-refractivity contribution >= 4 is 11.6 Å². The van der Waals surface area contributed by atoms with Crippen molar-refractivity contribution in [3.05, 3.63) is 53.6 Å². The van der Waals surface area contributed by atoms with Crippen molar-refractivity contribution in [2.75, 3.05) is 5.32 Å². The van der Waals surface area contributed by atoms with Gasteiger partial charge in [-0.1, -0.05) is 24.6 Å². The fourth-order valence-corrected chi connectivity index (χ4v) is 1.55. The van der Waals surface area contributed by atoms with Crippen molar-refractivity contribution in [3.63, 3.8) is 0 Å². The van der Waals surface area contributed by atoms with Gasteiger partial charge in [0, 0.05) is 11.4 Å². The second kappa shape index (κ2) is 5.40. The monoisotopic (exact) mass is 241 g/mol. The Balaban J connectivity index is 2.14. The highest BCUT2D eigenvalue weighted by atomic mass is 16.1. The van der Waals surface area contributed by atoms with Crippen molar-refractivity contribution in [2.24, 2.45) is 0 Å². The molecule has 0 aliphatic heterocycles. The van der Waals surface area contributed by atoms with Crippen LogP contribution < -0.4 is 5.32 Å². The number of benzene rings is 1. The molecule has 0 radical (unpaired) electrons. The molecule has 1 amide bonds. The molecule has 0 fully saturated rings. The first-order chi connectivity index (χ1) is 8.69. The van der Waals surface area contributed by atoms with Crippen LogP contribution in [0.5, 0.6) is 0 Å². The highest BCUT2D eigenvalue weighted by Gasteiger charge is 2.08. The summed E-state index contributed by atoms with van der Waals surface area (Å²) in [4.78, 5) is 20.0. The number of carbonyl (C=O) groups excluding carboxylic acids is 1. The van der Waals surface area contributed by atoms with E-state index in [9.17, 15) is 4.79 Å². The molecule has 0 aliphatic rings. The average Bonchev–Trinajstić information content (AvgIpc) is 2.41. The summed E-state index contributed by atoms with van der Waals surface area (Å²) in [6.45, 7) is 3.99. The highest BCUT2D eigenvalue weighted by Crippen LogP contribution is 2.10.